The van der Waals surface area contributed by atoms with Crippen LogP contribution in [0.15, 0.2) is 24.3 Å². The van der Waals surface area contributed by atoms with Gasteiger partial charge in [-0.15, -0.1) is 0 Å². The number of hydrogen-bond donors (Lipinski definition) is 0. The predicted molar refractivity (Wildman–Crippen MR) is 45.7 cm³/mol. The van der Waals surface area contributed by atoms with E-state index in [0.717, 1.165) is 5.56 Å². The summed E-state index contributed by atoms with van der Waals surface area (Å²) in [4.78, 5) is 0. The smallest absolute Gasteiger partial charge is 0.192 e. The molecule has 1 fully saturated rings. The van der Waals surface area contributed by atoms with Gasteiger partial charge in [-0.1, -0.05) is 12.1 Å². The summed E-state index contributed by atoms with van der Waals surface area (Å²) >= 11 is 0. The van der Waals surface area contributed by atoms with Gasteiger partial charge in [0, 0.05) is 5.56 Å². The van der Waals surface area contributed by atoms with Crippen LogP contribution in [0.4, 0.5) is 4.39 Å². The Bertz CT molecular complexity index is 288. The molecule has 0 N–H and O–H groups in total. The second kappa shape index (κ2) is 3.09. The van der Waals surface area contributed by atoms with Crippen molar-refractivity contribution >= 4 is 0 Å². The fourth-order valence-electron chi connectivity index (χ4n) is 1.43. The zero-order chi connectivity index (χ0) is 9.31. The second-order valence-corrected chi connectivity index (χ2v) is 3.15. The maximum Gasteiger partial charge on any atom is 0.192 e. The zero-order valence-electron chi connectivity index (χ0n) is 7.42. The Labute approximate surface area is 76.3 Å². The third-order valence-electron chi connectivity index (χ3n) is 2.21. The Morgan fingerprint density at radius 3 is 2.23 bits per heavy atom. The molecule has 3 heteroatoms. The van der Waals surface area contributed by atoms with Gasteiger partial charge in [0.25, 0.3) is 0 Å². The molecule has 1 aromatic carbocycles. The highest BCUT2D eigenvalue weighted by atomic mass is 19.1. The molecule has 0 aromatic heterocycles. The molecule has 13 heavy (non-hydrogen) atoms. The van der Waals surface area contributed by atoms with Crippen molar-refractivity contribution in [2.75, 3.05) is 13.2 Å². The van der Waals surface area contributed by atoms with Gasteiger partial charge in [0.15, 0.2) is 5.79 Å². The van der Waals surface area contributed by atoms with Gasteiger partial charge in [0.2, 0.25) is 0 Å². The summed E-state index contributed by atoms with van der Waals surface area (Å²) in [5.41, 5.74) is 0.853. The van der Waals surface area contributed by atoms with Crippen molar-refractivity contribution in [1.29, 1.82) is 0 Å². The minimum Gasteiger partial charge on any atom is -0.344 e. The average Bonchev–Trinajstić information content (AvgIpc) is 2.54. The first-order chi connectivity index (χ1) is 6.21. The molecule has 0 unspecified atom stereocenters. The predicted octanol–water partition coefficient (Wildman–Crippen LogP) is 2.05. The van der Waals surface area contributed by atoms with E-state index >= 15 is 0 Å². The van der Waals surface area contributed by atoms with Gasteiger partial charge in [-0.25, -0.2) is 4.39 Å². The molecule has 0 aliphatic carbocycles. The molecular weight excluding hydrogens is 171 g/mol. The summed E-state index contributed by atoms with van der Waals surface area (Å²) in [7, 11) is 0. The van der Waals surface area contributed by atoms with Crippen LogP contribution in [0.1, 0.15) is 12.5 Å². The van der Waals surface area contributed by atoms with Gasteiger partial charge in [-0.2, -0.15) is 0 Å². The van der Waals surface area contributed by atoms with E-state index in [1.165, 1.54) is 12.1 Å². The summed E-state index contributed by atoms with van der Waals surface area (Å²) < 4.78 is 23.5. The van der Waals surface area contributed by atoms with Crippen LogP contribution in [0, 0.1) is 5.82 Å². The summed E-state index contributed by atoms with van der Waals surface area (Å²) in [6.07, 6.45) is 0. The van der Waals surface area contributed by atoms with Crippen LogP contribution in [0.3, 0.4) is 0 Å². The van der Waals surface area contributed by atoms with Crippen molar-refractivity contribution in [3.63, 3.8) is 0 Å². The normalized spacial score (nSPS) is 20.5. The van der Waals surface area contributed by atoms with Crippen molar-refractivity contribution in [2.45, 2.75) is 12.7 Å². The lowest BCUT2D eigenvalue weighted by molar-refractivity contribution is -0.149. The van der Waals surface area contributed by atoms with Crippen LogP contribution in [0.2, 0.25) is 0 Å². The second-order valence-electron chi connectivity index (χ2n) is 3.15. The molecule has 1 saturated heterocycles. The lowest BCUT2D eigenvalue weighted by Crippen LogP contribution is -2.22. The molecule has 0 radical (unpaired) electrons. The first-order valence-electron chi connectivity index (χ1n) is 4.25. The van der Waals surface area contributed by atoms with Gasteiger partial charge in [0.1, 0.15) is 5.82 Å². The maximum atomic E-state index is 12.6. The molecule has 1 heterocycles. The molecule has 0 atom stereocenters. The third kappa shape index (κ3) is 1.57. The molecule has 0 amide bonds. The number of hydrogen-bond acceptors (Lipinski definition) is 2. The van der Waals surface area contributed by atoms with Crippen molar-refractivity contribution < 1.29 is 13.9 Å². The highest BCUT2D eigenvalue weighted by Crippen LogP contribution is 2.30. The molecule has 70 valence electrons. The number of rotatable bonds is 1. The lowest BCUT2D eigenvalue weighted by Gasteiger charge is -2.22. The summed E-state index contributed by atoms with van der Waals surface area (Å²) in [5.74, 6) is -0.932. The van der Waals surface area contributed by atoms with E-state index in [9.17, 15) is 4.39 Å². The van der Waals surface area contributed by atoms with Crippen LogP contribution >= 0.6 is 0 Å². The average molecular weight is 182 g/mol. The van der Waals surface area contributed by atoms with Gasteiger partial charge < -0.3 is 9.47 Å². The van der Waals surface area contributed by atoms with E-state index < -0.39 is 5.79 Å². The molecule has 0 saturated carbocycles. The summed E-state index contributed by atoms with van der Waals surface area (Å²) in [6, 6.07) is 6.18. The van der Waals surface area contributed by atoms with Crippen LogP contribution in [0.5, 0.6) is 0 Å². The molecule has 1 aliphatic rings. The van der Waals surface area contributed by atoms with E-state index in [1.54, 1.807) is 12.1 Å². The molecule has 2 nitrogen and oxygen atoms in total. The van der Waals surface area contributed by atoms with E-state index in [2.05, 4.69) is 0 Å². The van der Waals surface area contributed by atoms with E-state index in [1.807, 2.05) is 6.92 Å². The Morgan fingerprint density at radius 2 is 1.69 bits per heavy atom. The molecule has 2 rings (SSSR count). The molecular formula is C10H11FO2. The third-order valence-corrected chi connectivity index (χ3v) is 2.21. The molecule has 1 aromatic rings. The summed E-state index contributed by atoms with van der Waals surface area (Å²) in [6.45, 7) is 3.02. The first-order valence-corrected chi connectivity index (χ1v) is 4.25. The van der Waals surface area contributed by atoms with E-state index in [-0.39, 0.29) is 5.82 Å². The lowest BCUT2D eigenvalue weighted by atomic mass is 10.1. The van der Waals surface area contributed by atoms with Crippen LogP contribution in [-0.2, 0) is 15.3 Å². The molecule has 1 aliphatic heterocycles. The minimum absolute atomic E-state index is 0.245. The fourth-order valence-corrected chi connectivity index (χ4v) is 1.43. The number of halogens is 1. The highest BCUT2D eigenvalue weighted by Gasteiger charge is 2.32. The number of ether oxygens (including phenoxy) is 2. The van der Waals surface area contributed by atoms with Crippen molar-refractivity contribution in [3.8, 4) is 0 Å². The van der Waals surface area contributed by atoms with Gasteiger partial charge in [-0.3, -0.25) is 0 Å². The minimum atomic E-state index is -0.687. The SMILES string of the molecule is CC1(c2ccc(F)cc2)OCCO1. The monoisotopic (exact) mass is 182 g/mol. The van der Waals surface area contributed by atoms with Crippen LogP contribution in [0.25, 0.3) is 0 Å². The van der Waals surface area contributed by atoms with Gasteiger partial charge >= 0.3 is 0 Å². The van der Waals surface area contributed by atoms with E-state index in [0.29, 0.717) is 13.2 Å². The fraction of sp³-hybridized carbons (Fsp3) is 0.400. The summed E-state index contributed by atoms with van der Waals surface area (Å²) in [5, 5.41) is 0. The van der Waals surface area contributed by atoms with E-state index in [4.69, 9.17) is 9.47 Å². The first kappa shape index (κ1) is 8.66. The quantitative estimate of drug-likeness (QED) is 0.661. The number of benzene rings is 1. The molecule has 0 bridgehead atoms. The Hall–Kier alpha value is -0.930. The van der Waals surface area contributed by atoms with Gasteiger partial charge in [0.05, 0.1) is 13.2 Å². The van der Waals surface area contributed by atoms with Crippen molar-refractivity contribution in [2.24, 2.45) is 0 Å². The van der Waals surface area contributed by atoms with Gasteiger partial charge in [-0.05, 0) is 19.1 Å². The Balaban J connectivity index is 2.29. The van der Waals surface area contributed by atoms with Crippen molar-refractivity contribution in [1.82, 2.24) is 0 Å². The highest BCUT2D eigenvalue weighted by molar-refractivity contribution is 5.21. The Kier molecular flexibility index (Phi) is 2.06. The topological polar surface area (TPSA) is 18.5 Å². The maximum absolute atomic E-state index is 12.6. The van der Waals surface area contributed by atoms with Crippen LogP contribution < -0.4 is 0 Å². The standard InChI is InChI=1S/C10H11FO2/c1-10(12-6-7-13-10)8-2-4-9(11)5-3-8/h2-5H,6-7H2,1H3. The van der Waals surface area contributed by atoms with Crippen molar-refractivity contribution in [3.05, 3.63) is 35.6 Å². The van der Waals surface area contributed by atoms with Crippen LogP contribution in [-0.4, -0.2) is 13.2 Å². The molecule has 0 spiro atoms. The Morgan fingerprint density at radius 1 is 1.15 bits per heavy atom. The zero-order valence-corrected chi connectivity index (χ0v) is 7.42. The largest absolute Gasteiger partial charge is 0.344 e.